The van der Waals surface area contributed by atoms with Crippen molar-refractivity contribution in [3.8, 4) is 0 Å². The minimum atomic E-state index is -0.335. The first-order valence-corrected chi connectivity index (χ1v) is 12.1. The van der Waals surface area contributed by atoms with Gasteiger partial charge in [-0.2, -0.15) is 0 Å². The van der Waals surface area contributed by atoms with E-state index in [1.165, 1.54) is 32.7 Å². The van der Waals surface area contributed by atoms with E-state index in [0.717, 1.165) is 23.2 Å². The number of hydrogen-bond acceptors (Lipinski definition) is 2. The van der Waals surface area contributed by atoms with Crippen molar-refractivity contribution in [3.63, 3.8) is 0 Å². The van der Waals surface area contributed by atoms with Crippen LogP contribution >= 0.6 is 0 Å². The predicted octanol–water partition coefficient (Wildman–Crippen LogP) is 6.21. The molecule has 0 N–H and O–H groups in total. The van der Waals surface area contributed by atoms with Crippen molar-refractivity contribution in [1.29, 1.82) is 0 Å². The zero-order valence-electron chi connectivity index (χ0n) is 19.6. The van der Waals surface area contributed by atoms with Crippen LogP contribution in [0.4, 0.5) is 5.69 Å². The number of carbonyl (C=O) groups excluding carboxylic acids is 2. The summed E-state index contributed by atoms with van der Waals surface area (Å²) in [6.07, 6.45) is 1.08. The van der Waals surface area contributed by atoms with Crippen molar-refractivity contribution in [1.82, 2.24) is 0 Å². The van der Waals surface area contributed by atoms with Gasteiger partial charge >= 0.3 is 0 Å². The van der Waals surface area contributed by atoms with Crippen molar-refractivity contribution in [2.75, 3.05) is 4.90 Å². The Bertz CT molecular complexity index is 1320. The summed E-state index contributed by atoms with van der Waals surface area (Å²) in [5, 5.41) is 0. The van der Waals surface area contributed by atoms with Gasteiger partial charge in [-0.3, -0.25) is 9.59 Å². The molecule has 3 aromatic carbocycles. The van der Waals surface area contributed by atoms with E-state index in [4.69, 9.17) is 0 Å². The van der Waals surface area contributed by atoms with Gasteiger partial charge in [0.2, 0.25) is 11.8 Å². The maximum absolute atomic E-state index is 14.0. The third-order valence-electron chi connectivity index (χ3n) is 8.34. The molecule has 166 valence electrons. The van der Waals surface area contributed by atoms with E-state index in [1.807, 2.05) is 32.0 Å². The highest BCUT2D eigenvalue weighted by Crippen LogP contribution is 2.61. The molecule has 33 heavy (non-hydrogen) atoms. The monoisotopic (exact) mass is 435 g/mol. The van der Waals surface area contributed by atoms with Gasteiger partial charge in [0.25, 0.3) is 0 Å². The Morgan fingerprint density at radius 1 is 0.788 bits per heavy atom. The van der Waals surface area contributed by atoms with E-state index >= 15 is 0 Å². The molecule has 1 heterocycles. The summed E-state index contributed by atoms with van der Waals surface area (Å²) in [7, 11) is 0. The van der Waals surface area contributed by atoms with Crippen LogP contribution in [0.1, 0.15) is 77.0 Å². The number of anilines is 1. The first-order valence-electron chi connectivity index (χ1n) is 12.1. The van der Waals surface area contributed by atoms with Crippen LogP contribution in [0.2, 0.25) is 0 Å². The number of amides is 2. The molecular weight excluding hydrogens is 406 g/mol. The second-order valence-corrected chi connectivity index (χ2v) is 10.1. The lowest BCUT2D eigenvalue weighted by Crippen LogP contribution is -2.41. The molecule has 7 rings (SSSR count). The minimum absolute atomic E-state index is 0.0407. The standard InChI is InChI=1S/C30H29NO2/c1-5-17(3)19-11-12-22-23(15-19)26-21-9-7-6-8-20(21)25(22)27-28(26)30(33)31(29(27)32)24-13-10-16(2)14-18(24)4/h6-15,17,25-28H,5H2,1-4H3/t17-,25+,26+,27+,28-/m1/s1. The van der Waals surface area contributed by atoms with Gasteiger partial charge in [-0.05, 0) is 65.6 Å². The lowest BCUT2D eigenvalue weighted by Gasteiger charge is -2.46. The Balaban J connectivity index is 1.55. The third kappa shape index (κ3) is 2.68. The fraction of sp³-hybridized carbons (Fsp3) is 0.333. The van der Waals surface area contributed by atoms with Crippen LogP contribution in [-0.4, -0.2) is 11.8 Å². The largest absolute Gasteiger partial charge is 0.274 e. The minimum Gasteiger partial charge on any atom is -0.274 e. The average Bonchev–Trinajstić information content (AvgIpc) is 3.09. The van der Waals surface area contributed by atoms with E-state index in [2.05, 4.69) is 56.3 Å². The molecule has 3 heteroatoms. The number of rotatable bonds is 3. The third-order valence-corrected chi connectivity index (χ3v) is 8.34. The van der Waals surface area contributed by atoms with Crippen LogP contribution in [-0.2, 0) is 9.59 Å². The van der Waals surface area contributed by atoms with Gasteiger partial charge in [-0.15, -0.1) is 0 Å². The van der Waals surface area contributed by atoms with Crippen molar-refractivity contribution in [2.24, 2.45) is 11.8 Å². The van der Waals surface area contributed by atoms with Gasteiger partial charge in [-0.1, -0.05) is 74.0 Å². The number of aryl methyl sites for hydroxylation is 2. The summed E-state index contributed by atoms with van der Waals surface area (Å²) in [4.78, 5) is 29.4. The van der Waals surface area contributed by atoms with Gasteiger partial charge in [0.15, 0.2) is 0 Å². The summed E-state index contributed by atoms with van der Waals surface area (Å²) in [6, 6.07) is 21.2. The molecule has 2 amide bonds. The number of carbonyl (C=O) groups is 2. The molecule has 1 aliphatic heterocycles. The second-order valence-electron chi connectivity index (χ2n) is 10.1. The predicted molar refractivity (Wildman–Crippen MR) is 131 cm³/mol. The first kappa shape index (κ1) is 20.4. The summed E-state index contributed by atoms with van der Waals surface area (Å²) < 4.78 is 0. The van der Waals surface area contributed by atoms with Crippen molar-refractivity contribution < 1.29 is 9.59 Å². The molecule has 0 radical (unpaired) electrons. The average molecular weight is 436 g/mol. The van der Waals surface area contributed by atoms with Crippen molar-refractivity contribution in [3.05, 3.63) is 99.6 Å². The molecule has 0 unspecified atom stereocenters. The SMILES string of the molecule is CC[C@@H](C)c1ccc2c(c1)[C@@H]1c3ccccc3[C@@H]2[C@@H]2C(=O)N(c3ccc(C)cc3C)C(=O)[C@H]12. The van der Waals surface area contributed by atoms with Crippen LogP contribution in [0.5, 0.6) is 0 Å². The number of hydrogen-bond donors (Lipinski definition) is 0. The highest BCUT2D eigenvalue weighted by atomic mass is 16.2. The molecule has 5 atom stereocenters. The molecule has 1 saturated heterocycles. The Morgan fingerprint density at radius 2 is 1.39 bits per heavy atom. The van der Waals surface area contributed by atoms with E-state index in [1.54, 1.807) is 0 Å². The number of imide groups is 1. The Hall–Kier alpha value is -3.20. The fourth-order valence-electron chi connectivity index (χ4n) is 6.58. The fourth-order valence-corrected chi connectivity index (χ4v) is 6.58. The summed E-state index contributed by atoms with van der Waals surface area (Å²) >= 11 is 0. The van der Waals surface area contributed by atoms with Crippen LogP contribution in [0, 0.1) is 25.7 Å². The van der Waals surface area contributed by atoms with Crippen LogP contribution in [0.25, 0.3) is 0 Å². The number of benzene rings is 3. The molecule has 0 aromatic heterocycles. The molecule has 1 fully saturated rings. The zero-order valence-corrected chi connectivity index (χ0v) is 19.6. The molecule has 3 nitrogen and oxygen atoms in total. The highest BCUT2D eigenvalue weighted by molar-refractivity contribution is 6.23. The second kappa shape index (κ2) is 7.15. The molecule has 2 bridgehead atoms. The summed E-state index contributed by atoms with van der Waals surface area (Å²) in [6.45, 7) is 8.49. The Labute approximate surface area is 195 Å². The van der Waals surface area contributed by atoms with E-state index in [0.29, 0.717) is 5.92 Å². The van der Waals surface area contributed by atoms with Crippen molar-refractivity contribution in [2.45, 2.75) is 51.9 Å². The Kier molecular flexibility index (Phi) is 4.42. The van der Waals surface area contributed by atoms with E-state index in [9.17, 15) is 9.59 Å². The lowest BCUT2D eigenvalue weighted by atomic mass is 9.54. The van der Waals surface area contributed by atoms with Gasteiger partial charge in [0.05, 0.1) is 17.5 Å². The lowest BCUT2D eigenvalue weighted by molar-refractivity contribution is -0.122. The van der Waals surface area contributed by atoms with E-state index in [-0.39, 0.29) is 35.5 Å². The first-order chi connectivity index (χ1) is 15.9. The zero-order chi connectivity index (χ0) is 23.0. The van der Waals surface area contributed by atoms with Crippen LogP contribution < -0.4 is 4.90 Å². The maximum atomic E-state index is 14.0. The molecule has 0 saturated carbocycles. The summed E-state index contributed by atoms with van der Waals surface area (Å²) in [5.74, 6) is -0.418. The van der Waals surface area contributed by atoms with Crippen LogP contribution in [0.3, 0.4) is 0 Å². The smallest absolute Gasteiger partial charge is 0.238 e. The molecular formula is C30H29NO2. The molecule has 3 aromatic rings. The highest BCUT2D eigenvalue weighted by Gasteiger charge is 2.62. The van der Waals surface area contributed by atoms with Crippen LogP contribution in [0.15, 0.2) is 60.7 Å². The normalized spacial score (nSPS) is 25.6. The molecule has 4 aliphatic rings. The quantitative estimate of drug-likeness (QED) is 0.459. The van der Waals surface area contributed by atoms with Gasteiger partial charge in [0, 0.05) is 11.8 Å². The topological polar surface area (TPSA) is 37.4 Å². The van der Waals surface area contributed by atoms with Gasteiger partial charge in [0.1, 0.15) is 0 Å². The molecule has 0 spiro atoms. The van der Waals surface area contributed by atoms with E-state index < -0.39 is 0 Å². The molecule has 3 aliphatic carbocycles. The van der Waals surface area contributed by atoms with Gasteiger partial charge in [-0.25, -0.2) is 4.90 Å². The summed E-state index contributed by atoms with van der Waals surface area (Å²) in [5.41, 5.74) is 9.08. The van der Waals surface area contributed by atoms with Gasteiger partial charge < -0.3 is 0 Å². The Morgan fingerprint density at radius 3 is 2.00 bits per heavy atom. The van der Waals surface area contributed by atoms with Crippen molar-refractivity contribution >= 4 is 17.5 Å². The number of nitrogens with zero attached hydrogens (tertiary/aromatic N) is 1. The maximum Gasteiger partial charge on any atom is 0.238 e.